The number of H-pyrrole nitrogens is 1. The Balaban J connectivity index is 1.50. The third kappa shape index (κ3) is 2.90. The Morgan fingerprint density at radius 1 is 0.941 bits per heavy atom. The normalized spacial score (nSPS) is 17.3. The largest absolute Gasteiger partial charge is 0.361 e. The number of rotatable bonds is 2. The van der Waals surface area contributed by atoms with Gasteiger partial charge in [0.1, 0.15) is 0 Å². The fourth-order valence-corrected chi connectivity index (χ4v) is 6.30. The van der Waals surface area contributed by atoms with Gasteiger partial charge in [0, 0.05) is 28.2 Å². The lowest BCUT2D eigenvalue weighted by Gasteiger charge is -2.30. The molecule has 0 amide bonds. The average molecular weight is 460 g/mol. The van der Waals surface area contributed by atoms with Crippen molar-refractivity contribution in [2.24, 2.45) is 4.99 Å². The molecule has 34 heavy (non-hydrogen) atoms. The SMILES string of the molecule is O=c1c(=Cc2c[nH]c3ccccc23)sc2n1[C@@H](c1ccccc1)C1=C(N=2)c2ccccc2CC1. The molecule has 164 valence electrons. The van der Waals surface area contributed by atoms with Crippen molar-refractivity contribution in [2.45, 2.75) is 18.9 Å². The number of fused-ring (bicyclic) bond motifs is 4. The Bertz CT molecular complexity index is 1790. The maximum Gasteiger partial charge on any atom is 0.271 e. The minimum Gasteiger partial charge on any atom is -0.361 e. The number of aromatic nitrogens is 2. The summed E-state index contributed by atoms with van der Waals surface area (Å²) in [6.45, 7) is 0. The predicted molar refractivity (Wildman–Crippen MR) is 137 cm³/mol. The molecule has 0 spiro atoms. The first kappa shape index (κ1) is 19.5. The van der Waals surface area contributed by atoms with Crippen LogP contribution < -0.4 is 14.9 Å². The molecular formula is C29H21N3OS. The molecule has 5 aromatic rings. The zero-order chi connectivity index (χ0) is 22.6. The van der Waals surface area contributed by atoms with Gasteiger partial charge in [0.25, 0.3) is 5.56 Å². The minimum absolute atomic E-state index is 0.0216. The molecule has 0 saturated carbocycles. The van der Waals surface area contributed by atoms with E-state index < -0.39 is 0 Å². The van der Waals surface area contributed by atoms with E-state index >= 15 is 0 Å². The summed E-state index contributed by atoms with van der Waals surface area (Å²) in [4.78, 5) is 23.0. The quantitative estimate of drug-likeness (QED) is 0.405. The topological polar surface area (TPSA) is 50.1 Å². The van der Waals surface area contributed by atoms with E-state index in [2.05, 4.69) is 53.5 Å². The predicted octanol–water partition coefficient (Wildman–Crippen LogP) is 4.80. The molecule has 3 aromatic carbocycles. The number of hydrogen-bond donors (Lipinski definition) is 1. The number of hydrogen-bond acceptors (Lipinski definition) is 3. The molecule has 3 heterocycles. The fraction of sp³-hybridized carbons (Fsp3) is 0.103. The first-order valence-electron chi connectivity index (χ1n) is 11.5. The second kappa shape index (κ2) is 7.54. The summed E-state index contributed by atoms with van der Waals surface area (Å²) in [5.74, 6) is 0. The Labute approximate surface area is 199 Å². The van der Waals surface area contributed by atoms with E-state index in [0.717, 1.165) is 45.4 Å². The van der Waals surface area contributed by atoms with Gasteiger partial charge < -0.3 is 4.98 Å². The molecule has 0 fully saturated rings. The van der Waals surface area contributed by atoms with Crippen molar-refractivity contribution in [3.8, 4) is 0 Å². The monoisotopic (exact) mass is 459 g/mol. The Morgan fingerprint density at radius 2 is 1.74 bits per heavy atom. The highest BCUT2D eigenvalue weighted by Gasteiger charge is 2.32. The maximum absolute atomic E-state index is 13.8. The minimum atomic E-state index is -0.133. The first-order valence-corrected chi connectivity index (χ1v) is 12.3. The summed E-state index contributed by atoms with van der Waals surface area (Å²) in [5.41, 5.74) is 8.03. The van der Waals surface area contributed by atoms with Crippen LogP contribution in [0.5, 0.6) is 0 Å². The molecule has 1 N–H and O–H groups in total. The molecule has 1 atom stereocenters. The van der Waals surface area contributed by atoms with Gasteiger partial charge in [-0.25, -0.2) is 4.99 Å². The van der Waals surface area contributed by atoms with Gasteiger partial charge in [-0.1, -0.05) is 84.1 Å². The summed E-state index contributed by atoms with van der Waals surface area (Å²) in [6, 6.07) is 26.9. The Morgan fingerprint density at radius 3 is 2.65 bits per heavy atom. The summed E-state index contributed by atoms with van der Waals surface area (Å²) in [5, 5.41) is 1.11. The number of aryl methyl sites for hydroxylation is 1. The van der Waals surface area contributed by atoms with E-state index in [-0.39, 0.29) is 11.6 Å². The third-order valence-electron chi connectivity index (χ3n) is 6.90. The molecule has 5 heteroatoms. The van der Waals surface area contributed by atoms with Crippen LogP contribution in [0.1, 0.15) is 34.7 Å². The van der Waals surface area contributed by atoms with Crippen LogP contribution in [0.4, 0.5) is 0 Å². The van der Waals surface area contributed by atoms with E-state index in [1.165, 1.54) is 28.0 Å². The van der Waals surface area contributed by atoms with Gasteiger partial charge in [-0.3, -0.25) is 9.36 Å². The molecule has 1 aliphatic carbocycles. The lowest BCUT2D eigenvalue weighted by molar-refractivity contribution is 0.585. The first-order chi connectivity index (χ1) is 16.8. The maximum atomic E-state index is 13.8. The van der Waals surface area contributed by atoms with Crippen molar-refractivity contribution >= 4 is 34.0 Å². The van der Waals surface area contributed by atoms with Gasteiger partial charge in [-0.15, -0.1) is 0 Å². The second-order valence-corrected chi connectivity index (χ2v) is 9.82. The lowest BCUT2D eigenvalue weighted by atomic mass is 9.83. The number of benzene rings is 3. The van der Waals surface area contributed by atoms with Gasteiger partial charge in [0.15, 0.2) is 4.80 Å². The summed E-state index contributed by atoms with van der Waals surface area (Å²) >= 11 is 1.48. The van der Waals surface area contributed by atoms with Crippen molar-refractivity contribution in [1.82, 2.24) is 9.55 Å². The van der Waals surface area contributed by atoms with Crippen molar-refractivity contribution in [2.75, 3.05) is 0 Å². The standard InChI is InChI=1S/C29H21N3OS/c33-28-25(16-20-17-30-24-13-7-6-11-21(20)24)34-29-31-26-22-12-5-4-8-18(22)14-15-23(26)27(32(28)29)19-9-2-1-3-10-19/h1-13,16-17,27,30H,14-15H2/t27-/m0/s1. The molecule has 0 saturated heterocycles. The average Bonchev–Trinajstić information content (AvgIpc) is 3.44. The molecular weight excluding hydrogens is 438 g/mol. The van der Waals surface area contributed by atoms with E-state index in [0.29, 0.717) is 4.53 Å². The summed E-state index contributed by atoms with van der Waals surface area (Å²) in [7, 11) is 0. The van der Waals surface area contributed by atoms with Crippen LogP contribution >= 0.6 is 11.3 Å². The fourth-order valence-electron chi connectivity index (χ4n) is 5.31. The number of nitrogens with one attached hydrogen (secondary N) is 1. The zero-order valence-electron chi connectivity index (χ0n) is 18.4. The van der Waals surface area contributed by atoms with Crippen LogP contribution in [0.15, 0.2) is 100 Å². The second-order valence-electron chi connectivity index (χ2n) is 8.81. The number of nitrogens with zero attached hydrogens (tertiary/aromatic N) is 2. The number of thiazole rings is 1. The highest BCUT2D eigenvalue weighted by atomic mass is 32.1. The molecule has 0 radical (unpaired) electrons. The Hall–Kier alpha value is -3.96. The number of aromatic amines is 1. The molecule has 2 aromatic heterocycles. The van der Waals surface area contributed by atoms with Crippen LogP contribution in [0.3, 0.4) is 0 Å². The van der Waals surface area contributed by atoms with Gasteiger partial charge in [0.05, 0.1) is 16.3 Å². The summed E-state index contributed by atoms with van der Waals surface area (Å²) in [6.07, 6.45) is 5.84. The van der Waals surface area contributed by atoms with E-state index in [4.69, 9.17) is 4.99 Å². The van der Waals surface area contributed by atoms with Crippen LogP contribution in [-0.2, 0) is 6.42 Å². The van der Waals surface area contributed by atoms with Crippen molar-refractivity contribution < 1.29 is 0 Å². The molecule has 7 rings (SSSR count). The molecule has 0 bridgehead atoms. The molecule has 0 unspecified atom stereocenters. The highest BCUT2D eigenvalue weighted by Crippen LogP contribution is 2.41. The smallest absolute Gasteiger partial charge is 0.271 e. The van der Waals surface area contributed by atoms with Crippen LogP contribution in [-0.4, -0.2) is 9.55 Å². The van der Waals surface area contributed by atoms with E-state index in [1.807, 2.05) is 47.2 Å². The van der Waals surface area contributed by atoms with Crippen LogP contribution in [0.25, 0.3) is 22.7 Å². The van der Waals surface area contributed by atoms with Gasteiger partial charge in [-0.05, 0) is 41.7 Å². The van der Waals surface area contributed by atoms with E-state index in [9.17, 15) is 4.79 Å². The van der Waals surface area contributed by atoms with Gasteiger partial charge >= 0.3 is 0 Å². The number of allylic oxidation sites excluding steroid dienone is 1. The highest BCUT2D eigenvalue weighted by molar-refractivity contribution is 7.07. The molecule has 2 aliphatic rings. The number of para-hydroxylation sites is 1. The lowest BCUT2D eigenvalue weighted by Crippen LogP contribution is -2.38. The van der Waals surface area contributed by atoms with Gasteiger partial charge in [0.2, 0.25) is 0 Å². The molecule has 4 nitrogen and oxygen atoms in total. The van der Waals surface area contributed by atoms with E-state index in [1.54, 1.807) is 0 Å². The van der Waals surface area contributed by atoms with Gasteiger partial charge in [-0.2, -0.15) is 0 Å². The van der Waals surface area contributed by atoms with Crippen molar-refractivity contribution in [1.29, 1.82) is 0 Å². The molecule has 1 aliphatic heterocycles. The van der Waals surface area contributed by atoms with Crippen molar-refractivity contribution in [3.05, 3.63) is 133 Å². The third-order valence-corrected chi connectivity index (χ3v) is 7.88. The summed E-state index contributed by atoms with van der Waals surface area (Å²) < 4.78 is 2.62. The zero-order valence-corrected chi connectivity index (χ0v) is 19.2. The van der Waals surface area contributed by atoms with Crippen LogP contribution in [0, 0.1) is 0 Å². The van der Waals surface area contributed by atoms with Crippen molar-refractivity contribution in [3.63, 3.8) is 0 Å². The van der Waals surface area contributed by atoms with Crippen LogP contribution in [0.2, 0.25) is 0 Å². The Kier molecular flexibility index (Phi) is 4.32.